The smallest absolute Gasteiger partial charge is 0.335 e. The summed E-state index contributed by atoms with van der Waals surface area (Å²) in [5.41, 5.74) is 5.66. The van der Waals surface area contributed by atoms with Gasteiger partial charge in [0.05, 0.1) is 11.3 Å². The second-order valence-corrected chi connectivity index (χ2v) is 6.82. The zero-order valence-corrected chi connectivity index (χ0v) is 15.7. The molecule has 3 aromatic rings. The molecule has 0 amide bonds. The van der Waals surface area contributed by atoms with Gasteiger partial charge >= 0.3 is 5.97 Å². The SMILES string of the molecule is CCCCCCc1ccc(-c2ccc(-c3ccc(C(=O)O)cc3)cn2)cc1. The first kappa shape index (κ1) is 18.8. The number of carboxylic acid groups (broad SMARTS) is 1. The van der Waals surface area contributed by atoms with Crippen LogP contribution in [0, 0.1) is 0 Å². The number of rotatable bonds is 8. The third-order valence-electron chi connectivity index (χ3n) is 4.80. The van der Waals surface area contributed by atoms with E-state index in [-0.39, 0.29) is 5.56 Å². The molecule has 2 aromatic carbocycles. The minimum atomic E-state index is -0.913. The van der Waals surface area contributed by atoms with E-state index in [4.69, 9.17) is 5.11 Å². The first-order valence-electron chi connectivity index (χ1n) is 9.56. The van der Waals surface area contributed by atoms with Gasteiger partial charge in [0.25, 0.3) is 0 Å². The van der Waals surface area contributed by atoms with E-state index in [0.29, 0.717) is 0 Å². The normalized spacial score (nSPS) is 10.7. The van der Waals surface area contributed by atoms with E-state index in [1.807, 2.05) is 30.5 Å². The average Bonchev–Trinajstić information content (AvgIpc) is 2.72. The van der Waals surface area contributed by atoms with Crippen LogP contribution in [-0.2, 0) is 6.42 Å². The summed E-state index contributed by atoms with van der Waals surface area (Å²) in [5, 5.41) is 8.99. The Morgan fingerprint density at radius 3 is 2.07 bits per heavy atom. The summed E-state index contributed by atoms with van der Waals surface area (Å²) >= 11 is 0. The van der Waals surface area contributed by atoms with Crippen LogP contribution in [0.4, 0.5) is 0 Å². The van der Waals surface area contributed by atoms with Crippen molar-refractivity contribution in [2.75, 3.05) is 0 Å². The van der Waals surface area contributed by atoms with E-state index in [1.165, 1.54) is 31.2 Å². The predicted molar refractivity (Wildman–Crippen MR) is 110 cm³/mol. The van der Waals surface area contributed by atoms with Crippen molar-refractivity contribution in [3.05, 3.63) is 78.0 Å². The highest BCUT2D eigenvalue weighted by Gasteiger charge is 2.05. The quantitative estimate of drug-likeness (QED) is 0.485. The van der Waals surface area contributed by atoms with E-state index in [1.54, 1.807) is 12.1 Å². The van der Waals surface area contributed by atoms with Crippen LogP contribution in [-0.4, -0.2) is 16.1 Å². The Morgan fingerprint density at radius 1 is 0.815 bits per heavy atom. The van der Waals surface area contributed by atoms with E-state index in [2.05, 4.69) is 36.2 Å². The van der Waals surface area contributed by atoms with Crippen molar-refractivity contribution in [2.45, 2.75) is 39.0 Å². The van der Waals surface area contributed by atoms with Gasteiger partial charge in [0.2, 0.25) is 0 Å². The molecule has 0 spiro atoms. The number of hydrogen-bond donors (Lipinski definition) is 1. The van der Waals surface area contributed by atoms with Crippen molar-refractivity contribution in [3.63, 3.8) is 0 Å². The number of carbonyl (C=O) groups is 1. The van der Waals surface area contributed by atoms with Gasteiger partial charge in [-0.25, -0.2) is 4.79 Å². The second kappa shape index (κ2) is 9.13. The van der Waals surface area contributed by atoms with Gasteiger partial charge in [0, 0.05) is 17.3 Å². The lowest BCUT2D eigenvalue weighted by Crippen LogP contribution is -1.95. The summed E-state index contributed by atoms with van der Waals surface area (Å²) in [7, 11) is 0. The summed E-state index contributed by atoms with van der Waals surface area (Å²) < 4.78 is 0. The van der Waals surface area contributed by atoms with E-state index in [9.17, 15) is 4.79 Å². The number of benzene rings is 2. The van der Waals surface area contributed by atoms with Crippen molar-refractivity contribution < 1.29 is 9.90 Å². The number of carboxylic acids is 1. The van der Waals surface area contributed by atoms with Crippen LogP contribution in [0.5, 0.6) is 0 Å². The van der Waals surface area contributed by atoms with Gasteiger partial charge < -0.3 is 5.11 Å². The number of nitrogens with zero attached hydrogens (tertiary/aromatic N) is 1. The van der Waals surface area contributed by atoms with Gasteiger partial charge in [-0.15, -0.1) is 0 Å². The fraction of sp³-hybridized carbons (Fsp3) is 0.250. The van der Waals surface area contributed by atoms with E-state index in [0.717, 1.165) is 28.8 Å². The third-order valence-corrected chi connectivity index (χ3v) is 4.80. The summed E-state index contributed by atoms with van der Waals surface area (Å²) in [6.45, 7) is 2.23. The molecule has 0 saturated carbocycles. The van der Waals surface area contributed by atoms with Gasteiger partial charge in [-0.2, -0.15) is 0 Å². The number of aryl methyl sites for hydroxylation is 1. The van der Waals surface area contributed by atoms with Gasteiger partial charge in [-0.3, -0.25) is 4.98 Å². The molecule has 1 N–H and O–H groups in total. The molecule has 0 aliphatic heterocycles. The van der Waals surface area contributed by atoms with Crippen molar-refractivity contribution in [2.24, 2.45) is 0 Å². The third kappa shape index (κ3) is 5.04. The molecule has 27 heavy (non-hydrogen) atoms. The first-order valence-corrected chi connectivity index (χ1v) is 9.56. The maximum atomic E-state index is 10.9. The van der Waals surface area contributed by atoms with Crippen LogP contribution in [0.3, 0.4) is 0 Å². The highest BCUT2D eigenvalue weighted by Crippen LogP contribution is 2.23. The lowest BCUT2D eigenvalue weighted by atomic mass is 10.0. The number of hydrogen-bond acceptors (Lipinski definition) is 2. The molecular weight excluding hydrogens is 334 g/mol. The molecule has 0 unspecified atom stereocenters. The van der Waals surface area contributed by atoms with Crippen LogP contribution >= 0.6 is 0 Å². The average molecular weight is 359 g/mol. The molecule has 3 heteroatoms. The largest absolute Gasteiger partial charge is 0.478 e. The standard InChI is InChI=1S/C24H25NO2/c1-2-3-4-5-6-18-7-9-20(10-8-18)23-16-15-22(17-25-23)19-11-13-21(14-12-19)24(26)27/h7-17H,2-6H2,1H3,(H,26,27). The molecule has 3 rings (SSSR count). The molecule has 1 aromatic heterocycles. The molecule has 0 radical (unpaired) electrons. The van der Waals surface area contributed by atoms with Gasteiger partial charge in [-0.1, -0.05) is 68.7 Å². The minimum Gasteiger partial charge on any atom is -0.478 e. The van der Waals surface area contributed by atoms with E-state index >= 15 is 0 Å². The summed E-state index contributed by atoms with van der Waals surface area (Å²) in [4.78, 5) is 15.5. The maximum absolute atomic E-state index is 10.9. The van der Waals surface area contributed by atoms with Crippen molar-refractivity contribution in [3.8, 4) is 22.4 Å². The van der Waals surface area contributed by atoms with Crippen LogP contribution in [0.25, 0.3) is 22.4 Å². The van der Waals surface area contributed by atoms with Gasteiger partial charge in [0.1, 0.15) is 0 Å². The molecule has 3 nitrogen and oxygen atoms in total. The molecule has 0 aliphatic carbocycles. The van der Waals surface area contributed by atoms with Crippen LogP contribution in [0.15, 0.2) is 66.9 Å². The zero-order chi connectivity index (χ0) is 19.1. The molecule has 138 valence electrons. The molecule has 0 saturated heterocycles. The number of aromatic carboxylic acids is 1. The number of pyridine rings is 1. The minimum absolute atomic E-state index is 0.290. The molecule has 0 bridgehead atoms. The second-order valence-electron chi connectivity index (χ2n) is 6.82. The van der Waals surface area contributed by atoms with Crippen molar-refractivity contribution in [1.82, 2.24) is 4.98 Å². The number of aromatic nitrogens is 1. The Balaban J connectivity index is 1.67. The summed E-state index contributed by atoms with van der Waals surface area (Å²) in [6.07, 6.45) is 8.11. The Kier molecular flexibility index (Phi) is 6.37. The van der Waals surface area contributed by atoms with Gasteiger partial charge in [0.15, 0.2) is 0 Å². The Bertz CT molecular complexity index is 866. The lowest BCUT2D eigenvalue weighted by molar-refractivity contribution is 0.0697. The van der Waals surface area contributed by atoms with Crippen molar-refractivity contribution >= 4 is 5.97 Å². The predicted octanol–water partition coefficient (Wildman–Crippen LogP) is 6.24. The number of unbranched alkanes of at least 4 members (excludes halogenated alkanes) is 3. The molecule has 0 atom stereocenters. The highest BCUT2D eigenvalue weighted by atomic mass is 16.4. The van der Waals surface area contributed by atoms with Gasteiger partial charge in [-0.05, 0) is 42.2 Å². The lowest BCUT2D eigenvalue weighted by Gasteiger charge is -2.06. The molecular formula is C24H25NO2. The Morgan fingerprint density at radius 2 is 1.48 bits per heavy atom. The van der Waals surface area contributed by atoms with Crippen LogP contribution in [0.2, 0.25) is 0 Å². The molecule has 1 heterocycles. The summed E-state index contributed by atoms with van der Waals surface area (Å²) in [5.74, 6) is -0.913. The van der Waals surface area contributed by atoms with E-state index < -0.39 is 5.97 Å². The Labute approximate surface area is 160 Å². The Hall–Kier alpha value is -2.94. The zero-order valence-electron chi connectivity index (χ0n) is 15.7. The first-order chi connectivity index (χ1) is 13.2. The molecule has 0 aliphatic rings. The van der Waals surface area contributed by atoms with Crippen LogP contribution in [0.1, 0.15) is 48.5 Å². The fourth-order valence-electron chi connectivity index (χ4n) is 3.14. The monoisotopic (exact) mass is 359 g/mol. The maximum Gasteiger partial charge on any atom is 0.335 e. The summed E-state index contributed by atoms with van der Waals surface area (Å²) in [6, 6.07) is 19.6. The highest BCUT2D eigenvalue weighted by molar-refractivity contribution is 5.88. The topological polar surface area (TPSA) is 50.2 Å². The fourth-order valence-corrected chi connectivity index (χ4v) is 3.14. The molecule has 0 fully saturated rings. The van der Waals surface area contributed by atoms with Crippen molar-refractivity contribution in [1.29, 1.82) is 0 Å². The van der Waals surface area contributed by atoms with Crippen LogP contribution < -0.4 is 0 Å².